The van der Waals surface area contributed by atoms with Crippen LogP contribution in [0, 0.1) is 0 Å². The van der Waals surface area contributed by atoms with Crippen LogP contribution in [-0.4, -0.2) is 52.0 Å². The third kappa shape index (κ3) is 3.60. The molecule has 1 aliphatic rings. The summed E-state index contributed by atoms with van der Waals surface area (Å²) in [6.45, 7) is 6.95. The third-order valence-corrected chi connectivity index (χ3v) is 4.61. The van der Waals surface area contributed by atoms with Crippen LogP contribution < -0.4 is 0 Å². The van der Waals surface area contributed by atoms with Crippen molar-refractivity contribution < 1.29 is 9.32 Å². The smallest absolute Gasteiger partial charge is 0.253 e. The van der Waals surface area contributed by atoms with Gasteiger partial charge in [0.25, 0.3) is 5.91 Å². The first kappa shape index (κ1) is 16.9. The van der Waals surface area contributed by atoms with Crippen LogP contribution in [0.2, 0.25) is 5.02 Å². The Balaban J connectivity index is 1.60. The number of piperazine rings is 1. The minimum Gasteiger partial charge on any atom is -0.338 e. The summed E-state index contributed by atoms with van der Waals surface area (Å²) in [6.07, 6.45) is 0.762. The molecule has 1 unspecified atom stereocenters. The number of carbonyl (C=O) groups is 1. The second-order valence-electron chi connectivity index (χ2n) is 5.92. The van der Waals surface area contributed by atoms with Gasteiger partial charge in [-0.1, -0.05) is 29.7 Å². The van der Waals surface area contributed by atoms with Gasteiger partial charge < -0.3 is 9.42 Å². The zero-order chi connectivity index (χ0) is 17.1. The van der Waals surface area contributed by atoms with Crippen LogP contribution in [0.5, 0.6) is 0 Å². The number of aromatic nitrogens is 2. The van der Waals surface area contributed by atoms with Crippen LogP contribution in [0.1, 0.15) is 42.0 Å². The molecular formula is C17H21ClN4O2. The first-order valence-electron chi connectivity index (χ1n) is 8.20. The SMILES string of the molecule is CCc1noc(C(C)N2CCN(C(=O)c3cccc(Cl)c3)CC2)n1. The number of carbonyl (C=O) groups excluding carboxylic acids is 1. The van der Waals surface area contributed by atoms with E-state index < -0.39 is 0 Å². The molecule has 2 heterocycles. The van der Waals surface area contributed by atoms with Gasteiger partial charge >= 0.3 is 0 Å². The highest BCUT2D eigenvalue weighted by Crippen LogP contribution is 2.21. The van der Waals surface area contributed by atoms with Crippen molar-refractivity contribution in [3.63, 3.8) is 0 Å². The Kier molecular flexibility index (Phi) is 5.16. The molecule has 1 saturated heterocycles. The highest BCUT2D eigenvalue weighted by molar-refractivity contribution is 6.30. The molecule has 6 nitrogen and oxygen atoms in total. The maximum Gasteiger partial charge on any atom is 0.253 e. The van der Waals surface area contributed by atoms with E-state index in [4.69, 9.17) is 16.1 Å². The van der Waals surface area contributed by atoms with E-state index in [0.717, 1.165) is 25.3 Å². The average Bonchev–Trinajstić information content (AvgIpc) is 3.10. The van der Waals surface area contributed by atoms with Gasteiger partial charge in [-0.3, -0.25) is 9.69 Å². The molecule has 0 radical (unpaired) electrons. The van der Waals surface area contributed by atoms with E-state index in [1.54, 1.807) is 24.3 Å². The molecule has 0 spiro atoms. The van der Waals surface area contributed by atoms with Crippen molar-refractivity contribution in [3.05, 3.63) is 46.6 Å². The van der Waals surface area contributed by atoms with Gasteiger partial charge in [-0.05, 0) is 25.1 Å². The van der Waals surface area contributed by atoms with Crippen molar-refractivity contribution in [1.82, 2.24) is 19.9 Å². The Morgan fingerprint density at radius 3 is 2.71 bits per heavy atom. The molecule has 0 bridgehead atoms. The van der Waals surface area contributed by atoms with Crippen molar-refractivity contribution in [1.29, 1.82) is 0 Å². The largest absolute Gasteiger partial charge is 0.338 e. The Morgan fingerprint density at radius 1 is 1.33 bits per heavy atom. The fraction of sp³-hybridized carbons (Fsp3) is 0.471. The van der Waals surface area contributed by atoms with Gasteiger partial charge in [0.2, 0.25) is 5.89 Å². The number of nitrogens with zero attached hydrogens (tertiary/aromatic N) is 4. The monoisotopic (exact) mass is 348 g/mol. The molecule has 7 heteroatoms. The number of hydrogen-bond donors (Lipinski definition) is 0. The van der Waals surface area contributed by atoms with E-state index in [2.05, 4.69) is 22.0 Å². The maximum atomic E-state index is 12.5. The van der Waals surface area contributed by atoms with E-state index in [1.807, 2.05) is 11.8 Å². The Hall–Kier alpha value is -1.92. The quantitative estimate of drug-likeness (QED) is 0.850. The Bertz CT molecular complexity index is 710. The van der Waals surface area contributed by atoms with Crippen LogP contribution in [0.4, 0.5) is 0 Å². The van der Waals surface area contributed by atoms with Crippen molar-refractivity contribution in [2.24, 2.45) is 0 Å². The number of benzene rings is 1. The Morgan fingerprint density at radius 2 is 2.08 bits per heavy atom. The van der Waals surface area contributed by atoms with Gasteiger partial charge in [-0.2, -0.15) is 4.98 Å². The molecule has 24 heavy (non-hydrogen) atoms. The first-order chi connectivity index (χ1) is 11.6. The van der Waals surface area contributed by atoms with E-state index in [0.29, 0.717) is 29.6 Å². The van der Waals surface area contributed by atoms with Crippen molar-refractivity contribution in [2.45, 2.75) is 26.3 Å². The third-order valence-electron chi connectivity index (χ3n) is 4.38. The van der Waals surface area contributed by atoms with Crippen molar-refractivity contribution in [2.75, 3.05) is 26.2 Å². The summed E-state index contributed by atoms with van der Waals surface area (Å²) in [4.78, 5) is 21.1. The Labute approximate surface area is 146 Å². The molecule has 1 fully saturated rings. The molecule has 3 rings (SSSR count). The second kappa shape index (κ2) is 7.32. The van der Waals surface area contributed by atoms with Crippen molar-refractivity contribution in [3.8, 4) is 0 Å². The first-order valence-corrected chi connectivity index (χ1v) is 8.57. The summed E-state index contributed by atoms with van der Waals surface area (Å²) < 4.78 is 5.33. The van der Waals surface area contributed by atoms with E-state index in [1.165, 1.54) is 0 Å². The molecular weight excluding hydrogens is 328 g/mol. The van der Waals surface area contributed by atoms with Gasteiger partial charge in [-0.15, -0.1) is 0 Å². The lowest BCUT2D eigenvalue weighted by Crippen LogP contribution is -2.49. The molecule has 0 N–H and O–H groups in total. The zero-order valence-corrected chi connectivity index (χ0v) is 14.7. The molecule has 1 amide bonds. The lowest BCUT2D eigenvalue weighted by Gasteiger charge is -2.36. The molecule has 1 aromatic heterocycles. The van der Waals surface area contributed by atoms with E-state index in [9.17, 15) is 4.79 Å². The van der Waals surface area contributed by atoms with Gasteiger partial charge in [0, 0.05) is 43.2 Å². The van der Waals surface area contributed by atoms with Gasteiger partial charge in [0.1, 0.15) is 0 Å². The molecule has 0 aliphatic carbocycles. The summed E-state index contributed by atoms with van der Waals surface area (Å²) in [7, 11) is 0. The van der Waals surface area contributed by atoms with Gasteiger partial charge in [0.15, 0.2) is 5.82 Å². The van der Waals surface area contributed by atoms with E-state index >= 15 is 0 Å². The summed E-state index contributed by atoms with van der Waals surface area (Å²) in [5.41, 5.74) is 0.633. The highest BCUT2D eigenvalue weighted by Gasteiger charge is 2.27. The van der Waals surface area contributed by atoms with Crippen LogP contribution in [0.15, 0.2) is 28.8 Å². The standard InChI is InChI=1S/C17H21ClN4O2/c1-3-15-19-16(24-20-15)12(2)21-7-9-22(10-8-21)17(23)13-5-4-6-14(18)11-13/h4-6,11-12H,3,7-10H2,1-2H3. The maximum absolute atomic E-state index is 12.5. The molecule has 1 atom stereocenters. The molecule has 1 aromatic carbocycles. The predicted molar refractivity (Wildman–Crippen MR) is 91.0 cm³/mol. The lowest BCUT2D eigenvalue weighted by atomic mass is 10.1. The van der Waals surface area contributed by atoms with Crippen molar-refractivity contribution >= 4 is 17.5 Å². The van der Waals surface area contributed by atoms with Crippen LogP contribution in [-0.2, 0) is 6.42 Å². The number of hydrogen-bond acceptors (Lipinski definition) is 5. The molecule has 1 aliphatic heterocycles. The lowest BCUT2D eigenvalue weighted by molar-refractivity contribution is 0.0551. The number of aryl methyl sites for hydroxylation is 1. The predicted octanol–water partition coefficient (Wildman–Crippen LogP) is 2.80. The fourth-order valence-electron chi connectivity index (χ4n) is 2.85. The summed E-state index contributed by atoms with van der Waals surface area (Å²) in [6, 6.07) is 7.14. The topological polar surface area (TPSA) is 62.5 Å². The molecule has 0 saturated carbocycles. The summed E-state index contributed by atoms with van der Waals surface area (Å²) in [5.74, 6) is 1.39. The average molecular weight is 349 g/mol. The molecule has 128 valence electrons. The fourth-order valence-corrected chi connectivity index (χ4v) is 3.04. The van der Waals surface area contributed by atoms with Crippen LogP contribution in [0.3, 0.4) is 0 Å². The zero-order valence-electron chi connectivity index (χ0n) is 13.9. The summed E-state index contributed by atoms with van der Waals surface area (Å²) in [5, 5.41) is 4.53. The van der Waals surface area contributed by atoms with Crippen LogP contribution >= 0.6 is 11.6 Å². The summed E-state index contributed by atoms with van der Waals surface area (Å²) >= 11 is 5.97. The minimum absolute atomic E-state index is 0.0239. The van der Waals surface area contributed by atoms with Crippen LogP contribution in [0.25, 0.3) is 0 Å². The van der Waals surface area contributed by atoms with E-state index in [-0.39, 0.29) is 11.9 Å². The normalized spacial score (nSPS) is 17.0. The number of rotatable bonds is 4. The number of amides is 1. The van der Waals surface area contributed by atoms with Gasteiger partial charge in [-0.25, -0.2) is 0 Å². The second-order valence-corrected chi connectivity index (χ2v) is 6.35. The highest BCUT2D eigenvalue weighted by atomic mass is 35.5. The van der Waals surface area contributed by atoms with Gasteiger partial charge in [0.05, 0.1) is 6.04 Å². The number of halogens is 1. The molecule has 2 aromatic rings. The minimum atomic E-state index is 0.0239.